The van der Waals surface area contributed by atoms with E-state index in [1.165, 1.54) is 12.1 Å². The number of aliphatic imine (C=N–C) groups is 1. The highest BCUT2D eigenvalue weighted by Gasteiger charge is 2.28. The first-order valence-electron chi connectivity index (χ1n) is 10.1. The Labute approximate surface area is 202 Å². The molecule has 2 aromatic rings. The number of benzene rings is 1. The number of ether oxygens (including phenoxy) is 2. The van der Waals surface area contributed by atoms with Crippen LogP contribution in [0.4, 0.5) is 13.2 Å². The van der Waals surface area contributed by atoms with Gasteiger partial charge in [-0.15, -0.1) is 24.0 Å². The standard InChI is InChI=1S/C20H27F3N6O2.HI/c1-3-24-19(25-10-14-4-7-16(8-5-14)31-13-20(21,22)23)26-15-6-9-18-27-17(12-30-2)28-29(18)11-15;/h4-5,7-8,15H,3,6,9-13H2,1-2H3,(H2,24,25,26);1H. The van der Waals surface area contributed by atoms with Crippen LogP contribution in [0.25, 0.3) is 0 Å². The monoisotopic (exact) mass is 568 g/mol. The Morgan fingerprint density at radius 3 is 2.69 bits per heavy atom. The number of hydrogen-bond acceptors (Lipinski definition) is 5. The zero-order valence-corrected chi connectivity index (χ0v) is 20.3. The molecule has 8 nitrogen and oxygen atoms in total. The number of rotatable bonds is 8. The van der Waals surface area contributed by atoms with Gasteiger partial charge in [0.2, 0.25) is 0 Å². The van der Waals surface area contributed by atoms with E-state index in [0.717, 1.165) is 24.2 Å². The zero-order valence-electron chi connectivity index (χ0n) is 18.0. The third-order valence-corrected chi connectivity index (χ3v) is 4.61. The third kappa shape index (κ3) is 8.11. The van der Waals surface area contributed by atoms with Crippen LogP contribution in [0.15, 0.2) is 29.3 Å². The SMILES string of the molecule is CCNC(=NCc1ccc(OCC(F)(F)F)cc1)NC1CCc2nc(COC)nn2C1.I. The van der Waals surface area contributed by atoms with Crippen LogP contribution in [0.1, 0.15) is 30.6 Å². The molecule has 2 heterocycles. The summed E-state index contributed by atoms with van der Waals surface area (Å²) in [5.41, 5.74) is 0.864. The molecule has 1 aromatic carbocycles. The number of nitrogens with zero attached hydrogens (tertiary/aromatic N) is 4. The van der Waals surface area contributed by atoms with Crippen molar-refractivity contribution in [2.45, 2.75) is 51.7 Å². The molecule has 1 atom stereocenters. The van der Waals surface area contributed by atoms with Crippen molar-refractivity contribution >= 4 is 29.9 Å². The summed E-state index contributed by atoms with van der Waals surface area (Å²) in [6.45, 7) is 2.84. The molecule has 0 saturated heterocycles. The lowest BCUT2D eigenvalue weighted by atomic mass is 10.1. The predicted octanol–water partition coefficient (Wildman–Crippen LogP) is 3.05. The highest BCUT2D eigenvalue weighted by atomic mass is 127. The molecule has 0 fully saturated rings. The van der Waals surface area contributed by atoms with Gasteiger partial charge in [-0.05, 0) is 31.0 Å². The van der Waals surface area contributed by atoms with Crippen LogP contribution in [0.2, 0.25) is 0 Å². The van der Waals surface area contributed by atoms with E-state index in [4.69, 9.17) is 9.47 Å². The molecule has 3 rings (SSSR count). The van der Waals surface area contributed by atoms with Gasteiger partial charge in [-0.25, -0.2) is 14.7 Å². The average molecular weight is 568 g/mol. The topological polar surface area (TPSA) is 85.6 Å². The van der Waals surface area contributed by atoms with Crippen molar-refractivity contribution in [2.75, 3.05) is 20.3 Å². The number of aryl methyl sites for hydroxylation is 1. The molecule has 12 heteroatoms. The first-order valence-corrected chi connectivity index (χ1v) is 10.1. The van der Waals surface area contributed by atoms with Crippen molar-refractivity contribution in [1.82, 2.24) is 25.4 Å². The molecule has 0 bridgehead atoms. The number of nitrogens with one attached hydrogen (secondary N) is 2. The lowest BCUT2D eigenvalue weighted by molar-refractivity contribution is -0.153. The summed E-state index contributed by atoms with van der Waals surface area (Å²) >= 11 is 0. The Bertz CT molecular complexity index is 873. The minimum absolute atomic E-state index is 0. The van der Waals surface area contributed by atoms with Gasteiger partial charge in [-0.3, -0.25) is 0 Å². The van der Waals surface area contributed by atoms with Crippen molar-refractivity contribution in [3.8, 4) is 5.75 Å². The van der Waals surface area contributed by atoms with Gasteiger partial charge in [-0.1, -0.05) is 12.1 Å². The molecule has 1 unspecified atom stereocenters. The molecule has 178 valence electrons. The average Bonchev–Trinajstić information content (AvgIpc) is 3.13. The van der Waals surface area contributed by atoms with Crippen LogP contribution in [0.3, 0.4) is 0 Å². The van der Waals surface area contributed by atoms with Crippen molar-refractivity contribution in [3.63, 3.8) is 0 Å². The van der Waals surface area contributed by atoms with Gasteiger partial charge in [0.25, 0.3) is 0 Å². The van der Waals surface area contributed by atoms with Crippen LogP contribution >= 0.6 is 24.0 Å². The van der Waals surface area contributed by atoms with Gasteiger partial charge in [0, 0.05) is 26.1 Å². The lowest BCUT2D eigenvalue weighted by Crippen LogP contribution is -2.47. The van der Waals surface area contributed by atoms with Gasteiger partial charge in [0.05, 0.1) is 13.1 Å². The maximum absolute atomic E-state index is 12.2. The Kier molecular flexibility index (Phi) is 10.0. The summed E-state index contributed by atoms with van der Waals surface area (Å²) in [4.78, 5) is 9.07. The van der Waals surface area contributed by atoms with E-state index < -0.39 is 12.8 Å². The Balaban J connectivity index is 0.00000363. The second kappa shape index (κ2) is 12.2. The Morgan fingerprint density at radius 1 is 1.28 bits per heavy atom. The highest BCUT2D eigenvalue weighted by molar-refractivity contribution is 14.0. The molecular formula is C20H28F3IN6O2. The van der Waals surface area contributed by atoms with E-state index >= 15 is 0 Å². The molecule has 0 saturated carbocycles. The van der Waals surface area contributed by atoms with Gasteiger partial charge >= 0.3 is 6.18 Å². The predicted molar refractivity (Wildman–Crippen MR) is 124 cm³/mol. The smallest absolute Gasteiger partial charge is 0.422 e. The fourth-order valence-electron chi connectivity index (χ4n) is 3.21. The van der Waals surface area contributed by atoms with Crippen LogP contribution in [-0.2, 0) is 30.9 Å². The summed E-state index contributed by atoms with van der Waals surface area (Å²) in [5, 5.41) is 11.1. The first-order chi connectivity index (χ1) is 14.9. The number of aromatic nitrogens is 3. The van der Waals surface area contributed by atoms with Gasteiger partial charge in [0.1, 0.15) is 18.2 Å². The molecule has 1 aromatic heterocycles. The zero-order chi connectivity index (χ0) is 22.3. The largest absolute Gasteiger partial charge is 0.484 e. The minimum Gasteiger partial charge on any atom is -0.484 e. The molecular weight excluding hydrogens is 540 g/mol. The highest BCUT2D eigenvalue weighted by Crippen LogP contribution is 2.19. The first kappa shape index (κ1) is 26.2. The van der Waals surface area contributed by atoms with Gasteiger partial charge in [0.15, 0.2) is 18.4 Å². The number of fused-ring (bicyclic) bond motifs is 1. The number of methoxy groups -OCH3 is 1. The molecule has 32 heavy (non-hydrogen) atoms. The van der Waals surface area contributed by atoms with Crippen molar-refractivity contribution < 1.29 is 22.6 Å². The number of hydrogen-bond donors (Lipinski definition) is 2. The normalized spacial score (nSPS) is 16.2. The fraction of sp³-hybridized carbons (Fsp3) is 0.550. The van der Waals surface area contributed by atoms with E-state index in [9.17, 15) is 13.2 Å². The van der Waals surface area contributed by atoms with Gasteiger partial charge in [-0.2, -0.15) is 18.3 Å². The quantitative estimate of drug-likeness (QED) is 0.290. The van der Waals surface area contributed by atoms with E-state index in [-0.39, 0.29) is 35.8 Å². The Hall–Kier alpha value is -2.09. The van der Waals surface area contributed by atoms with Crippen molar-refractivity contribution in [1.29, 1.82) is 0 Å². The third-order valence-electron chi connectivity index (χ3n) is 4.61. The molecule has 0 aliphatic carbocycles. The summed E-state index contributed by atoms with van der Waals surface area (Å²) in [5.74, 6) is 2.49. The maximum Gasteiger partial charge on any atom is 0.422 e. The van der Waals surface area contributed by atoms with E-state index in [2.05, 4.69) is 25.7 Å². The number of alkyl halides is 3. The molecule has 0 amide bonds. The summed E-state index contributed by atoms with van der Waals surface area (Å²) in [7, 11) is 1.62. The Morgan fingerprint density at radius 2 is 2.03 bits per heavy atom. The fourth-order valence-corrected chi connectivity index (χ4v) is 3.21. The maximum atomic E-state index is 12.2. The number of guanidine groups is 1. The van der Waals surface area contributed by atoms with Crippen LogP contribution in [-0.4, -0.2) is 53.2 Å². The number of halogens is 4. The molecule has 1 aliphatic rings. The van der Waals surface area contributed by atoms with E-state index in [1.54, 1.807) is 19.2 Å². The van der Waals surface area contributed by atoms with E-state index in [0.29, 0.717) is 38.0 Å². The second-order valence-electron chi connectivity index (χ2n) is 7.18. The van der Waals surface area contributed by atoms with Gasteiger partial charge < -0.3 is 20.1 Å². The molecule has 0 radical (unpaired) electrons. The molecule has 0 spiro atoms. The van der Waals surface area contributed by atoms with Crippen LogP contribution in [0, 0.1) is 0 Å². The van der Waals surface area contributed by atoms with Crippen molar-refractivity contribution in [2.24, 2.45) is 4.99 Å². The summed E-state index contributed by atoms with van der Waals surface area (Å²) < 4.78 is 48.5. The summed E-state index contributed by atoms with van der Waals surface area (Å²) in [6.07, 6.45) is -2.64. The van der Waals surface area contributed by atoms with Crippen molar-refractivity contribution in [3.05, 3.63) is 41.5 Å². The molecule has 1 aliphatic heterocycles. The van der Waals surface area contributed by atoms with Crippen LogP contribution < -0.4 is 15.4 Å². The molecule has 2 N–H and O–H groups in total. The minimum atomic E-state index is -4.35. The van der Waals surface area contributed by atoms with E-state index in [1.807, 2.05) is 11.6 Å². The second-order valence-corrected chi connectivity index (χ2v) is 7.18. The van der Waals surface area contributed by atoms with Crippen LogP contribution in [0.5, 0.6) is 5.75 Å². The lowest BCUT2D eigenvalue weighted by Gasteiger charge is -2.25. The summed E-state index contributed by atoms with van der Waals surface area (Å²) in [6, 6.07) is 6.60.